The minimum atomic E-state index is -0.590. The zero-order valence-electron chi connectivity index (χ0n) is 10.9. The predicted octanol–water partition coefficient (Wildman–Crippen LogP) is 2.37. The molecule has 106 valence electrons. The van der Waals surface area contributed by atoms with Crippen molar-refractivity contribution < 1.29 is 4.79 Å². The van der Waals surface area contributed by atoms with Crippen LogP contribution in [0.1, 0.15) is 39.2 Å². The molecule has 1 aromatic heterocycles. The summed E-state index contributed by atoms with van der Waals surface area (Å²) >= 11 is 7.59. The first kappa shape index (κ1) is 16.4. The number of aromatic nitrogens is 2. The Morgan fingerprint density at radius 3 is 2.89 bits per heavy atom. The molecule has 0 aliphatic heterocycles. The van der Waals surface area contributed by atoms with Crippen molar-refractivity contribution >= 4 is 40.1 Å². The van der Waals surface area contributed by atoms with Crippen LogP contribution in [0.4, 0.5) is 0 Å². The molecule has 1 aromatic rings. The van der Waals surface area contributed by atoms with Gasteiger partial charge in [0.05, 0.1) is 6.33 Å². The lowest BCUT2D eigenvalue weighted by atomic mass is 10.2. The van der Waals surface area contributed by atoms with Gasteiger partial charge in [0.15, 0.2) is 0 Å². The van der Waals surface area contributed by atoms with Gasteiger partial charge in [0, 0.05) is 6.54 Å². The molecule has 1 N–H and O–H groups in total. The molecule has 1 rings (SSSR count). The molecule has 0 saturated heterocycles. The molecule has 19 heavy (non-hydrogen) atoms. The topological polar surface area (TPSA) is 64.0 Å². The van der Waals surface area contributed by atoms with E-state index in [1.165, 1.54) is 10.9 Å². The number of rotatable bonds is 6. The molecule has 0 saturated carbocycles. The van der Waals surface area contributed by atoms with Crippen molar-refractivity contribution in [2.75, 3.05) is 6.54 Å². The normalized spacial score (nSPS) is 12.2. The lowest BCUT2D eigenvalue weighted by molar-refractivity contribution is -0.123. The maximum absolute atomic E-state index is 12.0. The van der Waals surface area contributed by atoms with E-state index < -0.39 is 6.04 Å². The monoisotopic (exact) mass is 397 g/mol. The predicted molar refractivity (Wildman–Crippen MR) is 83.5 cm³/mol. The van der Waals surface area contributed by atoms with E-state index in [1.807, 2.05) is 22.6 Å². The number of nitrogens with zero attached hydrogens (tertiary/aromatic N) is 2. The number of carbonyl (C=O) groups excluding carboxylic acids is 1. The van der Waals surface area contributed by atoms with Gasteiger partial charge in [-0.3, -0.25) is 14.2 Å². The van der Waals surface area contributed by atoms with Gasteiger partial charge in [-0.1, -0.05) is 31.4 Å². The Bertz CT molecular complexity index is 504. The summed E-state index contributed by atoms with van der Waals surface area (Å²) in [7, 11) is 0. The van der Waals surface area contributed by atoms with Gasteiger partial charge in [0.25, 0.3) is 5.56 Å². The molecule has 0 bridgehead atoms. The maximum Gasteiger partial charge on any atom is 0.269 e. The number of nitrogens with one attached hydrogen (secondary N) is 1. The second-order valence-corrected chi connectivity index (χ2v) is 5.67. The molecule has 1 atom stereocenters. The maximum atomic E-state index is 12.0. The van der Waals surface area contributed by atoms with E-state index in [9.17, 15) is 9.59 Å². The van der Waals surface area contributed by atoms with Crippen LogP contribution in [0.2, 0.25) is 5.15 Å². The number of hydrogen-bond donors (Lipinski definition) is 1. The minimum Gasteiger partial charge on any atom is -0.354 e. The van der Waals surface area contributed by atoms with Crippen LogP contribution >= 0.6 is 34.2 Å². The van der Waals surface area contributed by atoms with Gasteiger partial charge in [-0.15, -0.1) is 0 Å². The van der Waals surface area contributed by atoms with E-state index in [1.54, 1.807) is 6.92 Å². The molecule has 0 spiro atoms. The standard InChI is InChI=1S/C12H17ClIN3O2/c1-3-4-5-6-15-11(18)8(2)17-7-16-10(13)9(14)12(17)19/h7-8H,3-6H2,1-2H3,(H,15,18). The van der Waals surface area contributed by atoms with Crippen molar-refractivity contribution in [2.45, 2.75) is 39.2 Å². The van der Waals surface area contributed by atoms with E-state index in [4.69, 9.17) is 11.6 Å². The Labute approximate surface area is 130 Å². The fraction of sp³-hybridized carbons (Fsp3) is 0.583. The highest BCUT2D eigenvalue weighted by atomic mass is 127. The molecule has 1 heterocycles. The van der Waals surface area contributed by atoms with Crippen molar-refractivity contribution in [1.82, 2.24) is 14.9 Å². The smallest absolute Gasteiger partial charge is 0.269 e. The second kappa shape index (κ2) is 7.84. The SMILES string of the molecule is CCCCCNC(=O)C(C)n1cnc(Cl)c(I)c1=O. The molecule has 1 amide bonds. The van der Waals surface area contributed by atoms with E-state index >= 15 is 0 Å². The first-order valence-electron chi connectivity index (χ1n) is 6.18. The van der Waals surface area contributed by atoms with Crippen molar-refractivity contribution in [3.63, 3.8) is 0 Å². The average Bonchev–Trinajstić information content (AvgIpc) is 2.40. The second-order valence-electron chi connectivity index (χ2n) is 4.24. The van der Waals surface area contributed by atoms with Crippen molar-refractivity contribution in [3.8, 4) is 0 Å². The van der Waals surface area contributed by atoms with Gasteiger partial charge in [-0.05, 0) is 35.9 Å². The molecule has 1 unspecified atom stereocenters. The Hall–Kier alpha value is -0.630. The van der Waals surface area contributed by atoms with E-state index in [0.717, 1.165) is 19.3 Å². The third-order valence-electron chi connectivity index (χ3n) is 2.78. The molecule has 0 aliphatic carbocycles. The summed E-state index contributed by atoms with van der Waals surface area (Å²) in [6, 6.07) is -0.590. The molecule has 0 radical (unpaired) electrons. The Morgan fingerprint density at radius 1 is 1.58 bits per heavy atom. The number of amides is 1. The lowest BCUT2D eigenvalue weighted by Gasteiger charge is -2.15. The highest BCUT2D eigenvalue weighted by Crippen LogP contribution is 2.11. The summed E-state index contributed by atoms with van der Waals surface area (Å²) in [5.41, 5.74) is -0.295. The van der Waals surface area contributed by atoms with Gasteiger partial charge < -0.3 is 5.32 Å². The number of halogens is 2. The molecule has 5 nitrogen and oxygen atoms in total. The quantitative estimate of drug-likeness (QED) is 0.455. The van der Waals surface area contributed by atoms with Crippen LogP contribution in [-0.2, 0) is 4.79 Å². The fourth-order valence-corrected chi connectivity index (χ4v) is 2.10. The van der Waals surface area contributed by atoms with Crippen LogP contribution in [-0.4, -0.2) is 22.0 Å². The number of hydrogen-bond acceptors (Lipinski definition) is 3. The summed E-state index contributed by atoms with van der Waals surface area (Å²) in [5, 5.41) is 2.98. The first-order valence-corrected chi connectivity index (χ1v) is 7.64. The highest BCUT2D eigenvalue weighted by Gasteiger charge is 2.18. The van der Waals surface area contributed by atoms with Gasteiger partial charge in [-0.25, -0.2) is 4.98 Å². The van der Waals surface area contributed by atoms with Gasteiger partial charge in [0.2, 0.25) is 5.91 Å². The van der Waals surface area contributed by atoms with E-state index in [0.29, 0.717) is 10.1 Å². The molecule has 7 heteroatoms. The largest absolute Gasteiger partial charge is 0.354 e. The Balaban J connectivity index is 2.72. The van der Waals surface area contributed by atoms with Crippen LogP contribution in [0.25, 0.3) is 0 Å². The number of unbranched alkanes of at least 4 members (excludes halogenated alkanes) is 2. The third kappa shape index (κ3) is 4.45. The van der Waals surface area contributed by atoms with Crippen molar-refractivity contribution in [1.29, 1.82) is 0 Å². The number of carbonyl (C=O) groups is 1. The molecular formula is C12H17ClIN3O2. The zero-order valence-corrected chi connectivity index (χ0v) is 13.9. The molecule has 0 aromatic carbocycles. The van der Waals surface area contributed by atoms with Gasteiger partial charge >= 0.3 is 0 Å². The van der Waals surface area contributed by atoms with Gasteiger partial charge in [-0.2, -0.15) is 0 Å². The van der Waals surface area contributed by atoms with Crippen LogP contribution in [0.3, 0.4) is 0 Å². The Kier molecular flexibility index (Phi) is 6.78. The summed E-state index contributed by atoms with van der Waals surface area (Å²) < 4.78 is 1.62. The van der Waals surface area contributed by atoms with E-state index in [2.05, 4.69) is 17.2 Å². The minimum absolute atomic E-state index is 0.164. The average molecular weight is 398 g/mol. The Morgan fingerprint density at radius 2 is 2.26 bits per heavy atom. The van der Waals surface area contributed by atoms with Crippen molar-refractivity contribution in [3.05, 3.63) is 25.4 Å². The first-order chi connectivity index (χ1) is 8.99. The van der Waals surface area contributed by atoms with Gasteiger partial charge in [0.1, 0.15) is 14.8 Å². The van der Waals surface area contributed by atoms with Crippen molar-refractivity contribution in [2.24, 2.45) is 0 Å². The van der Waals surface area contributed by atoms with Crippen LogP contribution in [0, 0.1) is 3.57 Å². The third-order valence-corrected chi connectivity index (χ3v) is 4.35. The van der Waals surface area contributed by atoms with Crippen LogP contribution in [0.15, 0.2) is 11.1 Å². The molecule has 0 fully saturated rings. The molecule has 0 aliphatic rings. The molecular weight excluding hydrogens is 381 g/mol. The fourth-order valence-electron chi connectivity index (χ4n) is 1.56. The summed E-state index contributed by atoms with van der Waals surface area (Å²) in [4.78, 5) is 27.8. The lowest BCUT2D eigenvalue weighted by Crippen LogP contribution is -2.37. The van der Waals surface area contributed by atoms with Crippen LogP contribution < -0.4 is 10.9 Å². The highest BCUT2D eigenvalue weighted by molar-refractivity contribution is 14.1. The van der Waals surface area contributed by atoms with E-state index in [-0.39, 0.29) is 16.6 Å². The summed E-state index contributed by atoms with van der Waals surface area (Å²) in [6.45, 7) is 4.40. The summed E-state index contributed by atoms with van der Waals surface area (Å²) in [5.74, 6) is -0.182. The zero-order chi connectivity index (χ0) is 14.4. The van der Waals surface area contributed by atoms with Crippen LogP contribution in [0.5, 0.6) is 0 Å². The summed E-state index contributed by atoms with van der Waals surface area (Å²) in [6.07, 6.45) is 4.43.